The minimum atomic E-state index is -3.48. The van der Waals surface area contributed by atoms with Crippen LogP contribution in [0.15, 0.2) is 60.7 Å². The molecule has 30 heavy (non-hydrogen) atoms. The molecule has 168 valence electrons. The first-order chi connectivity index (χ1) is 13.7. The van der Waals surface area contributed by atoms with Crippen LogP contribution < -0.4 is 10.6 Å². The van der Waals surface area contributed by atoms with E-state index in [1.165, 1.54) is 0 Å². The van der Waals surface area contributed by atoms with E-state index in [1.807, 2.05) is 0 Å². The summed E-state index contributed by atoms with van der Waals surface area (Å²) in [6, 6.07) is 21.3. The second-order valence-corrected chi connectivity index (χ2v) is 11.0. The molecule has 0 unspecified atom stereocenters. The van der Waals surface area contributed by atoms with Crippen molar-refractivity contribution in [3.8, 4) is 0 Å². The average molecular weight is 464 g/mol. The standard InChI is InChI=1S/C24H38NO2P.2Al.6H/c1-5-9-21-26-28(25(7-3)8-4,27-22-10-6-2,23-17-13-11-14-18-23)24-19-15-12-16-20-24;;;;;;;;/h11-20H,5-10,21-22H2,1-4H3;;;;;;;;. The minimum Gasteiger partial charge on any atom is 0.187 e. The van der Waals surface area contributed by atoms with E-state index in [4.69, 9.17) is 9.05 Å². The third-order valence-electron chi connectivity index (χ3n) is 5.32. The molecule has 0 N–H and O–H groups in total. The van der Waals surface area contributed by atoms with Gasteiger partial charge in [-0.1, -0.05) is 0 Å². The smallest absolute Gasteiger partial charge is 0.187 e. The Hall–Kier alpha value is -0.185. The van der Waals surface area contributed by atoms with E-state index in [2.05, 4.69) is 93.0 Å². The van der Waals surface area contributed by atoms with Crippen molar-refractivity contribution in [3.63, 3.8) is 0 Å². The topological polar surface area (TPSA) is 21.7 Å². The molecule has 2 rings (SSSR count). The average Bonchev–Trinajstić information content (AvgIpc) is 2.76. The van der Waals surface area contributed by atoms with Gasteiger partial charge in [0.1, 0.15) is 0 Å². The summed E-state index contributed by atoms with van der Waals surface area (Å²) in [4.78, 5) is 0. The predicted octanol–water partition coefficient (Wildman–Crippen LogP) is 3.54. The summed E-state index contributed by atoms with van der Waals surface area (Å²) >= 11 is 0. The molecule has 0 atom stereocenters. The summed E-state index contributed by atoms with van der Waals surface area (Å²) in [5, 5.41) is 2.33. The van der Waals surface area contributed by atoms with E-state index in [0.717, 1.165) is 49.4 Å². The molecule has 6 heteroatoms. The first-order valence-electron chi connectivity index (χ1n) is 10.9. The number of nitrogens with zero attached hydrogens (tertiary/aromatic N) is 1. The van der Waals surface area contributed by atoms with Crippen molar-refractivity contribution in [2.45, 2.75) is 53.4 Å². The Morgan fingerprint density at radius 1 is 0.633 bits per heavy atom. The third-order valence-corrected chi connectivity index (χ3v) is 10.7. The molecule has 0 aliphatic carbocycles. The fourth-order valence-corrected chi connectivity index (χ4v) is 9.16. The fraction of sp³-hybridized carbons (Fsp3) is 0.500. The number of unbranched alkanes of at least 4 members (excludes halogenated alkanes) is 2. The van der Waals surface area contributed by atoms with Gasteiger partial charge in [0.05, 0.1) is 0 Å². The molecule has 3 nitrogen and oxygen atoms in total. The Balaban J connectivity index is 0.00000420. The molecular formula is C24H44Al2NO2P. The third kappa shape index (κ3) is 5.98. The van der Waals surface area contributed by atoms with Crippen LogP contribution in [0, 0.1) is 0 Å². The molecule has 0 fully saturated rings. The van der Waals surface area contributed by atoms with Gasteiger partial charge in [0.2, 0.25) is 0 Å². The maximum absolute atomic E-state index is 7.05. The SMILES string of the molecule is CCCCOP(OCCCC)(c1ccccc1)(c1ccccc1)N(CC)CC.[AlH3].[AlH3]. The summed E-state index contributed by atoms with van der Waals surface area (Å²) in [5.41, 5.74) is 0. The minimum absolute atomic E-state index is 0. The zero-order valence-corrected chi connectivity index (χ0v) is 19.0. The molecule has 0 radical (unpaired) electrons. The second kappa shape index (κ2) is 14.8. The fourth-order valence-electron chi connectivity index (χ4n) is 3.85. The van der Waals surface area contributed by atoms with Crippen LogP contribution >= 0.6 is 7.21 Å². The van der Waals surface area contributed by atoms with Crippen molar-refractivity contribution < 1.29 is 9.05 Å². The van der Waals surface area contributed by atoms with Crippen molar-refractivity contribution in [2.24, 2.45) is 0 Å². The van der Waals surface area contributed by atoms with Crippen molar-refractivity contribution >= 4 is 52.5 Å². The van der Waals surface area contributed by atoms with Gasteiger partial charge in [-0.15, -0.1) is 0 Å². The van der Waals surface area contributed by atoms with Crippen LogP contribution in [0.2, 0.25) is 0 Å². The van der Waals surface area contributed by atoms with Gasteiger partial charge in [-0.25, -0.2) is 0 Å². The molecular weight excluding hydrogens is 419 g/mol. The summed E-state index contributed by atoms with van der Waals surface area (Å²) in [6.07, 6.45) is 4.25. The van der Waals surface area contributed by atoms with Gasteiger partial charge < -0.3 is 0 Å². The van der Waals surface area contributed by atoms with Gasteiger partial charge in [0.25, 0.3) is 0 Å². The van der Waals surface area contributed by atoms with Gasteiger partial charge in [0.15, 0.2) is 34.7 Å². The Bertz CT molecular complexity index is 631. The van der Waals surface area contributed by atoms with Crippen molar-refractivity contribution in [3.05, 3.63) is 60.7 Å². The van der Waals surface area contributed by atoms with Crippen LogP contribution in [-0.4, -0.2) is 65.7 Å². The Morgan fingerprint density at radius 2 is 1.00 bits per heavy atom. The molecule has 0 amide bonds. The van der Waals surface area contributed by atoms with Gasteiger partial charge in [0, 0.05) is 0 Å². The maximum atomic E-state index is 7.05. The van der Waals surface area contributed by atoms with Gasteiger partial charge in [-0.05, 0) is 0 Å². The molecule has 0 saturated heterocycles. The molecule has 0 bridgehead atoms. The van der Waals surface area contributed by atoms with Gasteiger partial charge in [-0.2, -0.15) is 0 Å². The Morgan fingerprint density at radius 3 is 1.30 bits per heavy atom. The van der Waals surface area contributed by atoms with E-state index < -0.39 is 7.21 Å². The van der Waals surface area contributed by atoms with Crippen LogP contribution in [0.4, 0.5) is 0 Å². The summed E-state index contributed by atoms with van der Waals surface area (Å²) in [6.45, 7) is 12.0. The zero-order valence-electron chi connectivity index (χ0n) is 18.1. The number of rotatable bonds is 13. The molecule has 2 aromatic carbocycles. The van der Waals surface area contributed by atoms with Crippen LogP contribution in [0.1, 0.15) is 53.4 Å². The summed E-state index contributed by atoms with van der Waals surface area (Å²) in [7, 11) is -3.48. The molecule has 0 spiro atoms. The van der Waals surface area contributed by atoms with E-state index in [-0.39, 0.29) is 34.7 Å². The Labute approximate surface area is 206 Å². The molecule has 0 aliphatic rings. The van der Waals surface area contributed by atoms with E-state index >= 15 is 0 Å². The molecule has 0 aromatic heterocycles. The van der Waals surface area contributed by atoms with E-state index in [1.54, 1.807) is 0 Å². The largest absolute Gasteiger partial charge is 0.187 e. The van der Waals surface area contributed by atoms with Crippen molar-refractivity contribution in [2.75, 3.05) is 26.3 Å². The van der Waals surface area contributed by atoms with E-state index in [0.29, 0.717) is 13.2 Å². The quantitative estimate of drug-likeness (QED) is 0.258. The van der Waals surface area contributed by atoms with Crippen LogP contribution in [-0.2, 0) is 9.05 Å². The van der Waals surface area contributed by atoms with Crippen molar-refractivity contribution in [1.82, 2.24) is 4.67 Å². The normalized spacial score (nSPS) is 12.5. The molecule has 0 aliphatic heterocycles. The number of hydrogen-bond donors (Lipinski definition) is 0. The number of benzene rings is 2. The zero-order chi connectivity index (χ0) is 20.3. The second-order valence-electron chi connectivity index (χ2n) is 7.10. The van der Waals surface area contributed by atoms with E-state index in [9.17, 15) is 0 Å². The summed E-state index contributed by atoms with van der Waals surface area (Å²) in [5.74, 6) is 0. The predicted molar refractivity (Wildman–Crippen MR) is 144 cm³/mol. The van der Waals surface area contributed by atoms with Gasteiger partial charge in [-0.3, -0.25) is 0 Å². The Kier molecular flexibility index (Phi) is 14.7. The molecule has 0 heterocycles. The van der Waals surface area contributed by atoms with Crippen LogP contribution in [0.5, 0.6) is 0 Å². The summed E-state index contributed by atoms with van der Waals surface area (Å²) < 4.78 is 16.6. The molecule has 0 saturated carbocycles. The maximum Gasteiger partial charge on any atom is 0.187 e. The van der Waals surface area contributed by atoms with Crippen LogP contribution in [0.25, 0.3) is 0 Å². The monoisotopic (exact) mass is 463 g/mol. The number of hydrogen-bond acceptors (Lipinski definition) is 3. The molecule has 2 aromatic rings. The van der Waals surface area contributed by atoms with Crippen LogP contribution in [0.3, 0.4) is 0 Å². The van der Waals surface area contributed by atoms with Crippen molar-refractivity contribution in [1.29, 1.82) is 0 Å². The van der Waals surface area contributed by atoms with Gasteiger partial charge >= 0.3 is 172 Å². The first-order valence-corrected chi connectivity index (χ1v) is 12.9. The first kappa shape index (κ1) is 29.8.